The zero-order chi connectivity index (χ0) is 24.5. The van der Waals surface area contributed by atoms with Crippen molar-refractivity contribution in [1.82, 2.24) is 0 Å². The van der Waals surface area contributed by atoms with Gasteiger partial charge in [0, 0.05) is 29.9 Å². The van der Waals surface area contributed by atoms with Gasteiger partial charge < -0.3 is 9.47 Å². The van der Waals surface area contributed by atoms with E-state index in [0.29, 0.717) is 34.4 Å². The van der Waals surface area contributed by atoms with Crippen LogP contribution in [0.2, 0.25) is 0 Å². The molecule has 8 heteroatoms. The molecule has 0 bridgehead atoms. The Morgan fingerprint density at radius 2 is 0.857 bits per heavy atom. The second-order valence-corrected chi connectivity index (χ2v) is 7.76. The fourth-order valence-corrected chi connectivity index (χ4v) is 3.71. The van der Waals surface area contributed by atoms with Crippen LogP contribution in [0.1, 0.15) is 5.56 Å². The monoisotopic (exact) mass is 466 g/mol. The molecule has 0 spiro atoms. The molecule has 2 aliphatic heterocycles. The molecule has 172 valence electrons. The molecule has 0 atom stereocenters. The molecule has 0 aromatic heterocycles. The number of nitrogens with zero attached hydrogens (tertiary/aromatic N) is 2. The summed E-state index contributed by atoms with van der Waals surface area (Å²) < 4.78 is 12.0. The van der Waals surface area contributed by atoms with Gasteiger partial charge in [0.1, 0.15) is 23.0 Å². The van der Waals surface area contributed by atoms with Crippen molar-refractivity contribution in [2.24, 2.45) is 0 Å². The van der Waals surface area contributed by atoms with Crippen molar-refractivity contribution < 1.29 is 28.7 Å². The van der Waals surface area contributed by atoms with E-state index in [1.54, 1.807) is 66.7 Å². The van der Waals surface area contributed by atoms with Gasteiger partial charge in [0.25, 0.3) is 23.6 Å². The fraction of sp³-hybridized carbons (Fsp3) is 0.0370. The molecule has 2 heterocycles. The van der Waals surface area contributed by atoms with Crippen LogP contribution in [0.25, 0.3) is 0 Å². The van der Waals surface area contributed by atoms with Gasteiger partial charge in [0.2, 0.25) is 0 Å². The quantitative estimate of drug-likeness (QED) is 0.499. The fourth-order valence-electron chi connectivity index (χ4n) is 3.71. The zero-order valence-electron chi connectivity index (χ0n) is 18.5. The first kappa shape index (κ1) is 21.8. The third-order valence-corrected chi connectivity index (χ3v) is 5.50. The molecule has 3 aromatic rings. The Hall–Kier alpha value is -4.98. The predicted molar refractivity (Wildman–Crippen MR) is 127 cm³/mol. The lowest BCUT2D eigenvalue weighted by atomic mass is 10.2. The van der Waals surface area contributed by atoms with Crippen molar-refractivity contribution in [1.29, 1.82) is 0 Å². The number of ether oxygens (including phenoxy) is 2. The molecule has 0 saturated carbocycles. The summed E-state index contributed by atoms with van der Waals surface area (Å²) in [5.41, 5.74) is 1.68. The highest BCUT2D eigenvalue weighted by atomic mass is 16.5. The summed E-state index contributed by atoms with van der Waals surface area (Å²) in [6.07, 6.45) is 4.94. The molecule has 0 unspecified atom stereocenters. The van der Waals surface area contributed by atoms with Crippen molar-refractivity contribution in [3.63, 3.8) is 0 Å². The molecule has 0 aliphatic carbocycles. The maximum Gasteiger partial charge on any atom is 0.258 e. The van der Waals surface area contributed by atoms with Crippen molar-refractivity contribution in [3.8, 4) is 23.0 Å². The van der Waals surface area contributed by atoms with Crippen molar-refractivity contribution in [2.75, 3.05) is 9.80 Å². The van der Waals surface area contributed by atoms with E-state index < -0.39 is 0 Å². The Morgan fingerprint density at radius 3 is 1.20 bits per heavy atom. The number of hydrogen-bond donors (Lipinski definition) is 0. The van der Waals surface area contributed by atoms with Gasteiger partial charge in [-0.3, -0.25) is 19.2 Å². The summed E-state index contributed by atoms with van der Waals surface area (Å²) >= 11 is 0. The van der Waals surface area contributed by atoms with Crippen molar-refractivity contribution in [2.45, 2.75) is 6.92 Å². The Bertz CT molecular complexity index is 1280. The molecule has 3 aromatic carbocycles. The predicted octanol–water partition coefficient (Wildman–Crippen LogP) is 4.44. The zero-order valence-corrected chi connectivity index (χ0v) is 18.5. The molecule has 0 N–H and O–H groups in total. The minimum atomic E-state index is -0.382. The summed E-state index contributed by atoms with van der Waals surface area (Å²) in [6.45, 7) is 1.86. The number of benzene rings is 3. The molecular formula is C27H18N2O6. The van der Waals surface area contributed by atoms with E-state index in [4.69, 9.17) is 9.47 Å². The third-order valence-electron chi connectivity index (χ3n) is 5.50. The van der Waals surface area contributed by atoms with Gasteiger partial charge in [0.15, 0.2) is 0 Å². The minimum Gasteiger partial charge on any atom is -0.457 e. The van der Waals surface area contributed by atoms with Crippen LogP contribution in [-0.4, -0.2) is 23.6 Å². The summed E-state index contributed by atoms with van der Waals surface area (Å²) in [4.78, 5) is 49.6. The van der Waals surface area contributed by atoms with Crippen LogP contribution >= 0.6 is 0 Å². The maximum absolute atomic E-state index is 11.8. The maximum atomic E-state index is 11.8. The average molecular weight is 466 g/mol. The largest absolute Gasteiger partial charge is 0.457 e. The number of anilines is 2. The molecule has 0 fully saturated rings. The lowest BCUT2D eigenvalue weighted by Crippen LogP contribution is -2.29. The van der Waals surface area contributed by atoms with Gasteiger partial charge >= 0.3 is 0 Å². The lowest BCUT2D eigenvalue weighted by molar-refractivity contribution is -0.121. The molecule has 35 heavy (non-hydrogen) atoms. The summed E-state index contributed by atoms with van der Waals surface area (Å²) in [6, 6.07) is 18.7. The topological polar surface area (TPSA) is 93.2 Å². The Morgan fingerprint density at radius 1 is 0.514 bits per heavy atom. The van der Waals surface area contributed by atoms with Gasteiger partial charge in [-0.25, -0.2) is 9.80 Å². The molecule has 8 nitrogen and oxygen atoms in total. The Kier molecular flexibility index (Phi) is 5.46. The highest BCUT2D eigenvalue weighted by molar-refractivity contribution is 6.28. The SMILES string of the molecule is Cc1c(Oc2ccc(N3C(=O)C=CC3=O)cc2)cccc1Oc1ccc(N2C(=O)C=CC2=O)cc1. The average Bonchev–Trinajstić information content (AvgIpc) is 3.37. The summed E-state index contributed by atoms with van der Waals surface area (Å²) in [5.74, 6) is 0.668. The molecule has 2 aliphatic rings. The van der Waals surface area contributed by atoms with E-state index in [1.807, 2.05) is 6.92 Å². The van der Waals surface area contributed by atoms with Crippen molar-refractivity contribution >= 4 is 35.0 Å². The van der Waals surface area contributed by atoms with E-state index in [1.165, 1.54) is 24.3 Å². The van der Waals surface area contributed by atoms with Crippen LogP contribution < -0.4 is 19.3 Å². The highest BCUT2D eigenvalue weighted by Crippen LogP contribution is 2.35. The number of carbonyl (C=O) groups is 4. The first-order valence-corrected chi connectivity index (χ1v) is 10.7. The number of imide groups is 2. The van der Waals surface area contributed by atoms with Gasteiger partial charge in [-0.15, -0.1) is 0 Å². The second-order valence-electron chi connectivity index (χ2n) is 7.76. The van der Waals surface area contributed by atoms with Crippen molar-refractivity contribution in [3.05, 3.63) is 96.6 Å². The first-order chi connectivity index (χ1) is 16.9. The van der Waals surface area contributed by atoms with Crippen LogP contribution in [0.4, 0.5) is 11.4 Å². The third kappa shape index (κ3) is 4.20. The standard InChI is InChI=1S/C27H18N2O6/c1-17-22(34-20-9-5-18(6-10-20)28-24(30)13-14-25(28)31)3-2-4-23(17)35-21-11-7-19(8-12-21)29-26(32)15-16-27(29)33/h2-16H,1H3. The number of rotatable bonds is 6. The van der Waals surface area contributed by atoms with E-state index in [-0.39, 0.29) is 23.6 Å². The normalized spacial score (nSPS) is 14.9. The van der Waals surface area contributed by atoms with E-state index in [0.717, 1.165) is 15.4 Å². The molecule has 5 rings (SSSR count). The number of amides is 4. The molecular weight excluding hydrogens is 448 g/mol. The van der Waals surface area contributed by atoms with Gasteiger partial charge in [-0.2, -0.15) is 0 Å². The van der Waals surface area contributed by atoms with E-state index in [2.05, 4.69) is 0 Å². The van der Waals surface area contributed by atoms with Gasteiger partial charge in [-0.05, 0) is 67.6 Å². The van der Waals surface area contributed by atoms with Crippen LogP contribution in [0.3, 0.4) is 0 Å². The Labute approximate surface area is 200 Å². The molecule has 0 radical (unpaired) electrons. The Balaban J connectivity index is 1.29. The van der Waals surface area contributed by atoms with Crippen LogP contribution in [-0.2, 0) is 19.2 Å². The minimum absolute atomic E-state index is 0.382. The second kappa shape index (κ2) is 8.75. The smallest absolute Gasteiger partial charge is 0.258 e. The summed E-state index contributed by atoms with van der Waals surface area (Å²) in [5, 5.41) is 0. The summed E-state index contributed by atoms with van der Waals surface area (Å²) in [7, 11) is 0. The first-order valence-electron chi connectivity index (χ1n) is 10.7. The van der Waals surface area contributed by atoms with Crippen LogP contribution in [0, 0.1) is 6.92 Å². The van der Waals surface area contributed by atoms with E-state index in [9.17, 15) is 19.2 Å². The lowest BCUT2D eigenvalue weighted by Gasteiger charge is -2.16. The van der Waals surface area contributed by atoms with Gasteiger partial charge in [0.05, 0.1) is 11.4 Å². The van der Waals surface area contributed by atoms with E-state index >= 15 is 0 Å². The van der Waals surface area contributed by atoms with Crippen LogP contribution in [0.5, 0.6) is 23.0 Å². The number of carbonyl (C=O) groups excluding carboxylic acids is 4. The van der Waals surface area contributed by atoms with Gasteiger partial charge in [-0.1, -0.05) is 6.07 Å². The number of hydrogen-bond acceptors (Lipinski definition) is 6. The molecule has 4 amide bonds. The highest BCUT2D eigenvalue weighted by Gasteiger charge is 2.26. The van der Waals surface area contributed by atoms with Crippen LogP contribution in [0.15, 0.2) is 91.0 Å². The molecule has 0 saturated heterocycles.